The van der Waals surface area contributed by atoms with E-state index in [-0.39, 0.29) is 11.7 Å². The van der Waals surface area contributed by atoms with Crippen molar-refractivity contribution in [3.8, 4) is 0 Å². The lowest BCUT2D eigenvalue weighted by molar-refractivity contribution is -0.385. The Balaban J connectivity index is 1.80. The predicted octanol–water partition coefficient (Wildman–Crippen LogP) is 2.40. The fraction of sp³-hybridized carbons (Fsp3) is 0.500. The summed E-state index contributed by atoms with van der Waals surface area (Å²) in [4.78, 5) is 14.6. The van der Waals surface area contributed by atoms with Gasteiger partial charge in [0, 0.05) is 19.0 Å². The molecule has 2 aromatic rings. The molecule has 22 heavy (non-hydrogen) atoms. The van der Waals surface area contributed by atoms with Crippen LogP contribution in [0.3, 0.4) is 0 Å². The Morgan fingerprint density at radius 3 is 2.91 bits per heavy atom. The van der Waals surface area contributed by atoms with Crippen LogP contribution in [0.15, 0.2) is 12.1 Å². The van der Waals surface area contributed by atoms with Crippen LogP contribution in [-0.2, 0) is 13.0 Å². The second kappa shape index (κ2) is 5.70. The number of hydrogen-bond acceptors (Lipinski definition) is 6. The van der Waals surface area contributed by atoms with Gasteiger partial charge in [0.25, 0.3) is 5.69 Å². The first-order valence-corrected chi connectivity index (χ1v) is 7.37. The normalized spacial score (nSPS) is 15.2. The molecule has 0 bridgehead atoms. The number of anilines is 1. The van der Waals surface area contributed by atoms with Crippen LogP contribution in [0.4, 0.5) is 11.5 Å². The van der Waals surface area contributed by atoms with E-state index in [0.717, 1.165) is 37.5 Å². The van der Waals surface area contributed by atoms with Crippen molar-refractivity contribution < 1.29 is 4.92 Å². The van der Waals surface area contributed by atoms with Crippen molar-refractivity contribution in [2.75, 3.05) is 5.32 Å². The van der Waals surface area contributed by atoms with Crippen molar-refractivity contribution in [2.24, 2.45) is 0 Å². The number of nitro groups is 1. The molecule has 2 aromatic heterocycles. The third kappa shape index (κ3) is 2.63. The van der Waals surface area contributed by atoms with E-state index in [1.807, 2.05) is 6.92 Å². The highest BCUT2D eigenvalue weighted by Gasteiger charge is 2.20. The van der Waals surface area contributed by atoms with Crippen LogP contribution in [0.5, 0.6) is 0 Å². The average Bonchev–Trinajstić information content (AvgIpc) is 2.91. The van der Waals surface area contributed by atoms with Crippen molar-refractivity contribution in [3.63, 3.8) is 0 Å². The summed E-state index contributed by atoms with van der Waals surface area (Å²) in [7, 11) is 0. The molecule has 0 fully saturated rings. The number of fused-ring (bicyclic) bond motifs is 1. The fourth-order valence-electron chi connectivity index (χ4n) is 2.76. The molecule has 1 unspecified atom stereocenters. The lowest BCUT2D eigenvalue weighted by Gasteiger charge is -2.19. The van der Waals surface area contributed by atoms with Gasteiger partial charge in [-0.05, 0) is 32.8 Å². The Hall–Kier alpha value is -2.51. The van der Waals surface area contributed by atoms with Crippen molar-refractivity contribution >= 4 is 11.5 Å². The molecular formula is C14H18N6O2. The van der Waals surface area contributed by atoms with Gasteiger partial charge in [0.2, 0.25) is 0 Å². The summed E-state index contributed by atoms with van der Waals surface area (Å²) in [6.45, 7) is 4.56. The van der Waals surface area contributed by atoms with Gasteiger partial charge in [-0.2, -0.15) is 0 Å². The SMILES string of the molecule is Cc1nc(NC(C)c2nnc3n2CCCC3)ccc1[N+](=O)[O-]. The summed E-state index contributed by atoms with van der Waals surface area (Å²) in [6, 6.07) is 3.03. The van der Waals surface area contributed by atoms with Crippen molar-refractivity contribution in [2.45, 2.75) is 45.7 Å². The Morgan fingerprint density at radius 1 is 1.36 bits per heavy atom. The number of aromatic nitrogens is 4. The van der Waals surface area contributed by atoms with Crippen LogP contribution in [0.2, 0.25) is 0 Å². The molecule has 8 heteroatoms. The highest BCUT2D eigenvalue weighted by molar-refractivity contribution is 5.45. The van der Waals surface area contributed by atoms with Gasteiger partial charge in [-0.25, -0.2) is 4.98 Å². The summed E-state index contributed by atoms with van der Waals surface area (Å²) >= 11 is 0. The second-order valence-electron chi connectivity index (χ2n) is 5.51. The maximum atomic E-state index is 10.8. The minimum absolute atomic E-state index is 0.0260. The summed E-state index contributed by atoms with van der Waals surface area (Å²) < 4.78 is 2.15. The first-order valence-electron chi connectivity index (χ1n) is 7.37. The van der Waals surface area contributed by atoms with E-state index in [2.05, 4.69) is 25.1 Å². The molecule has 0 saturated carbocycles. The maximum Gasteiger partial charge on any atom is 0.290 e. The Bertz CT molecular complexity index is 711. The molecule has 1 N–H and O–H groups in total. The van der Waals surface area contributed by atoms with Gasteiger partial charge in [-0.15, -0.1) is 10.2 Å². The van der Waals surface area contributed by atoms with Gasteiger partial charge in [0.1, 0.15) is 17.3 Å². The molecule has 3 rings (SSSR count). The molecular weight excluding hydrogens is 284 g/mol. The van der Waals surface area contributed by atoms with Crippen LogP contribution in [-0.4, -0.2) is 24.7 Å². The molecule has 0 spiro atoms. The molecule has 0 amide bonds. The first kappa shape index (κ1) is 14.4. The van der Waals surface area contributed by atoms with Crippen molar-refractivity contribution in [1.82, 2.24) is 19.7 Å². The quantitative estimate of drug-likeness (QED) is 0.687. The average molecular weight is 302 g/mol. The van der Waals surface area contributed by atoms with E-state index < -0.39 is 4.92 Å². The van der Waals surface area contributed by atoms with E-state index in [1.165, 1.54) is 6.07 Å². The van der Waals surface area contributed by atoms with Crippen LogP contribution in [0.1, 0.15) is 43.1 Å². The molecule has 1 aliphatic heterocycles. The molecule has 1 aliphatic rings. The number of pyridine rings is 1. The van der Waals surface area contributed by atoms with Gasteiger partial charge >= 0.3 is 0 Å². The van der Waals surface area contributed by atoms with Crippen LogP contribution < -0.4 is 5.32 Å². The van der Waals surface area contributed by atoms with Gasteiger partial charge in [0.05, 0.1) is 11.0 Å². The number of nitrogens with one attached hydrogen (secondary N) is 1. The van der Waals surface area contributed by atoms with Crippen LogP contribution >= 0.6 is 0 Å². The number of hydrogen-bond donors (Lipinski definition) is 1. The zero-order chi connectivity index (χ0) is 15.7. The van der Waals surface area contributed by atoms with Crippen molar-refractivity contribution in [3.05, 3.63) is 39.6 Å². The smallest absolute Gasteiger partial charge is 0.290 e. The fourth-order valence-corrected chi connectivity index (χ4v) is 2.76. The lowest BCUT2D eigenvalue weighted by Crippen LogP contribution is -2.18. The highest BCUT2D eigenvalue weighted by atomic mass is 16.6. The number of aryl methyl sites for hydroxylation is 2. The molecule has 1 atom stereocenters. The summed E-state index contributed by atoms with van der Waals surface area (Å²) in [5.41, 5.74) is 0.420. The minimum Gasteiger partial charge on any atom is -0.360 e. The van der Waals surface area contributed by atoms with Gasteiger partial charge < -0.3 is 9.88 Å². The Morgan fingerprint density at radius 2 is 2.18 bits per heavy atom. The number of nitrogens with zero attached hydrogens (tertiary/aromatic N) is 5. The maximum absolute atomic E-state index is 10.8. The van der Waals surface area contributed by atoms with E-state index in [9.17, 15) is 10.1 Å². The van der Waals surface area contributed by atoms with Crippen LogP contribution in [0.25, 0.3) is 0 Å². The molecule has 0 aromatic carbocycles. The predicted molar refractivity (Wildman–Crippen MR) is 80.6 cm³/mol. The Labute approximate surface area is 127 Å². The molecule has 8 nitrogen and oxygen atoms in total. The first-order chi connectivity index (χ1) is 10.6. The minimum atomic E-state index is -0.426. The largest absolute Gasteiger partial charge is 0.360 e. The van der Waals surface area contributed by atoms with Crippen molar-refractivity contribution in [1.29, 1.82) is 0 Å². The standard InChI is InChI=1S/C14H18N6O2/c1-9-11(20(21)22)6-7-12(15-9)16-10(2)14-18-17-13-5-3-4-8-19(13)14/h6-7,10H,3-5,8H2,1-2H3,(H,15,16). The zero-order valence-corrected chi connectivity index (χ0v) is 12.6. The molecule has 0 radical (unpaired) electrons. The highest BCUT2D eigenvalue weighted by Crippen LogP contribution is 2.23. The Kier molecular flexibility index (Phi) is 3.74. The zero-order valence-electron chi connectivity index (χ0n) is 12.6. The molecule has 3 heterocycles. The lowest BCUT2D eigenvalue weighted by atomic mass is 10.1. The molecule has 0 saturated heterocycles. The topological polar surface area (TPSA) is 98.8 Å². The van der Waals surface area contributed by atoms with E-state index in [1.54, 1.807) is 13.0 Å². The number of rotatable bonds is 4. The van der Waals surface area contributed by atoms with Gasteiger partial charge in [0.15, 0.2) is 5.82 Å². The van der Waals surface area contributed by atoms with Crippen LogP contribution in [0, 0.1) is 17.0 Å². The third-order valence-electron chi connectivity index (χ3n) is 3.89. The van der Waals surface area contributed by atoms with Gasteiger partial charge in [-0.1, -0.05) is 0 Å². The summed E-state index contributed by atoms with van der Waals surface area (Å²) in [6.07, 6.45) is 3.26. The third-order valence-corrected chi connectivity index (χ3v) is 3.89. The summed E-state index contributed by atoms with van der Waals surface area (Å²) in [5, 5.41) is 22.6. The van der Waals surface area contributed by atoms with Gasteiger partial charge in [-0.3, -0.25) is 10.1 Å². The van der Waals surface area contributed by atoms with E-state index >= 15 is 0 Å². The molecule has 0 aliphatic carbocycles. The molecule has 116 valence electrons. The van der Waals surface area contributed by atoms with E-state index in [4.69, 9.17) is 0 Å². The monoisotopic (exact) mass is 302 g/mol. The second-order valence-corrected chi connectivity index (χ2v) is 5.51. The summed E-state index contributed by atoms with van der Waals surface area (Å²) in [5.74, 6) is 2.51. The van der Waals surface area contributed by atoms with E-state index in [0.29, 0.717) is 11.5 Å².